The van der Waals surface area contributed by atoms with Crippen LogP contribution in [0.5, 0.6) is 11.5 Å². The van der Waals surface area contributed by atoms with Crippen LogP contribution in [0.15, 0.2) is 18.2 Å². The molecule has 0 bridgehead atoms. The molecule has 0 spiro atoms. The van der Waals surface area contributed by atoms with Gasteiger partial charge >= 0.3 is 0 Å². The van der Waals surface area contributed by atoms with Crippen LogP contribution in [0.3, 0.4) is 0 Å². The van der Waals surface area contributed by atoms with Crippen molar-refractivity contribution in [2.75, 3.05) is 46.9 Å². The molecule has 1 aliphatic heterocycles. The molecule has 6 nitrogen and oxygen atoms in total. The van der Waals surface area contributed by atoms with Gasteiger partial charge in [-0.2, -0.15) is 0 Å². The van der Waals surface area contributed by atoms with Gasteiger partial charge in [0.25, 0.3) is 0 Å². The lowest BCUT2D eigenvalue weighted by Crippen LogP contribution is -2.49. The van der Waals surface area contributed by atoms with Crippen molar-refractivity contribution in [1.82, 2.24) is 15.1 Å². The first-order valence-corrected chi connectivity index (χ1v) is 8.46. The third-order valence-corrected chi connectivity index (χ3v) is 4.10. The second-order valence-corrected chi connectivity index (χ2v) is 6.50. The standard InChI is InChI=1S/C18H29N3O3/c1-14(2)19-18(22)13-21-7-5-20(6-8-21)12-15-9-16(23-3)11-17(10-15)24-4/h9-11,14H,5-8,12-13H2,1-4H3,(H,19,22). The maximum absolute atomic E-state index is 11.8. The number of carbonyl (C=O) groups is 1. The lowest BCUT2D eigenvalue weighted by molar-refractivity contribution is -0.123. The molecule has 2 rings (SSSR count). The van der Waals surface area contributed by atoms with Crippen molar-refractivity contribution >= 4 is 5.91 Å². The molecule has 6 heteroatoms. The van der Waals surface area contributed by atoms with Gasteiger partial charge in [-0.15, -0.1) is 0 Å². The molecule has 1 aromatic rings. The van der Waals surface area contributed by atoms with Gasteiger partial charge in [-0.25, -0.2) is 0 Å². The lowest BCUT2D eigenvalue weighted by Gasteiger charge is -2.34. The van der Waals surface area contributed by atoms with Crippen molar-refractivity contribution < 1.29 is 14.3 Å². The van der Waals surface area contributed by atoms with E-state index in [0.29, 0.717) is 6.54 Å². The number of piperazine rings is 1. The number of amides is 1. The molecule has 1 aromatic carbocycles. The highest BCUT2D eigenvalue weighted by molar-refractivity contribution is 5.78. The molecule has 0 unspecified atom stereocenters. The van der Waals surface area contributed by atoms with Gasteiger partial charge in [-0.1, -0.05) is 0 Å². The first kappa shape index (κ1) is 18.5. The number of nitrogens with one attached hydrogen (secondary N) is 1. The normalized spacial score (nSPS) is 16.2. The Bertz CT molecular complexity index is 518. The Balaban J connectivity index is 1.84. The fourth-order valence-electron chi connectivity index (χ4n) is 2.89. The number of nitrogens with zero attached hydrogens (tertiary/aromatic N) is 2. The van der Waals surface area contributed by atoms with Crippen molar-refractivity contribution in [3.05, 3.63) is 23.8 Å². The average Bonchev–Trinajstić information content (AvgIpc) is 2.55. The summed E-state index contributed by atoms with van der Waals surface area (Å²) >= 11 is 0. The SMILES string of the molecule is COc1cc(CN2CCN(CC(=O)NC(C)C)CC2)cc(OC)c1. The Morgan fingerprint density at radius 2 is 1.58 bits per heavy atom. The van der Waals surface area contributed by atoms with Crippen LogP contribution >= 0.6 is 0 Å². The Morgan fingerprint density at radius 1 is 1.04 bits per heavy atom. The molecule has 1 fully saturated rings. The van der Waals surface area contributed by atoms with Gasteiger partial charge in [-0.05, 0) is 31.5 Å². The summed E-state index contributed by atoms with van der Waals surface area (Å²) in [6.45, 7) is 9.04. The minimum Gasteiger partial charge on any atom is -0.497 e. The maximum Gasteiger partial charge on any atom is 0.234 e. The van der Waals surface area contributed by atoms with E-state index in [1.54, 1.807) is 14.2 Å². The summed E-state index contributed by atoms with van der Waals surface area (Å²) in [5, 5.41) is 2.94. The van der Waals surface area contributed by atoms with E-state index < -0.39 is 0 Å². The molecule has 0 radical (unpaired) electrons. The summed E-state index contributed by atoms with van der Waals surface area (Å²) in [5.74, 6) is 1.73. The Morgan fingerprint density at radius 3 is 2.08 bits per heavy atom. The van der Waals surface area contributed by atoms with Crippen molar-refractivity contribution in [2.24, 2.45) is 0 Å². The average molecular weight is 335 g/mol. The van der Waals surface area contributed by atoms with Gasteiger partial charge in [-0.3, -0.25) is 14.6 Å². The Labute approximate surface area is 144 Å². The van der Waals surface area contributed by atoms with Crippen LogP contribution in [-0.2, 0) is 11.3 Å². The fraction of sp³-hybridized carbons (Fsp3) is 0.611. The van der Waals surface area contributed by atoms with E-state index in [9.17, 15) is 4.79 Å². The number of hydrogen-bond donors (Lipinski definition) is 1. The molecule has 24 heavy (non-hydrogen) atoms. The number of benzene rings is 1. The Hall–Kier alpha value is -1.79. The summed E-state index contributed by atoms with van der Waals surface area (Å²) in [5.41, 5.74) is 1.18. The summed E-state index contributed by atoms with van der Waals surface area (Å²) in [7, 11) is 3.33. The zero-order valence-corrected chi connectivity index (χ0v) is 15.2. The summed E-state index contributed by atoms with van der Waals surface area (Å²) < 4.78 is 10.7. The quantitative estimate of drug-likeness (QED) is 0.815. The zero-order chi connectivity index (χ0) is 17.5. The molecule has 1 heterocycles. The highest BCUT2D eigenvalue weighted by Gasteiger charge is 2.19. The molecular weight excluding hydrogens is 306 g/mol. The maximum atomic E-state index is 11.8. The third-order valence-electron chi connectivity index (χ3n) is 4.10. The Kier molecular flexibility index (Phi) is 6.87. The van der Waals surface area contributed by atoms with Gasteiger partial charge in [0.1, 0.15) is 11.5 Å². The number of hydrogen-bond acceptors (Lipinski definition) is 5. The van der Waals surface area contributed by atoms with Crippen molar-refractivity contribution in [1.29, 1.82) is 0 Å². The number of carbonyl (C=O) groups excluding carboxylic acids is 1. The van der Waals surface area contributed by atoms with E-state index >= 15 is 0 Å². The van der Waals surface area contributed by atoms with Crippen LogP contribution in [-0.4, -0.2) is 68.7 Å². The molecule has 1 amide bonds. The molecule has 1 N–H and O–H groups in total. The number of methoxy groups -OCH3 is 2. The van der Waals surface area contributed by atoms with Gasteiger partial charge in [0, 0.05) is 44.8 Å². The molecule has 0 saturated carbocycles. The number of rotatable bonds is 7. The number of ether oxygens (including phenoxy) is 2. The van der Waals surface area contributed by atoms with E-state index in [1.165, 1.54) is 5.56 Å². The monoisotopic (exact) mass is 335 g/mol. The van der Waals surface area contributed by atoms with Crippen LogP contribution in [0, 0.1) is 0 Å². The summed E-state index contributed by atoms with van der Waals surface area (Å²) in [4.78, 5) is 16.4. The van der Waals surface area contributed by atoms with Crippen LogP contribution in [0.25, 0.3) is 0 Å². The molecule has 1 saturated heterocycles. The third kappa shape index (κ3) is 5.69. The van der Waals surface area contributed by atoms with Crippen molar-refractivity contribution in [2.45, 2.75) is 26.4 Å². The van der Waals surface area contributed by atoms with Crippen molar-refractivity contribution in [3.8, 4) is 11.5 Å². The highest BCUT2D eigenvalue weighted by Crippen LogP contribution is 2.23. The molecule has 0 atom stereocenters. The molecule has 134 valence electrons. The first-order valence-electron chi connectivity index (χ1n) is 8.46. The van der Waals surface area contributed by atoms with Gasteiger partial charge in [0.05, 0.1) is 20.8 Å². The van der Waals surface area contributed by atoms with Gasteiger partial charge in [0.15, 0.2) is 0 Å². The minimum atomic E-state index is 0.107. The van der Waals surface area contributed by atoms with E-state index in [0.717, 1.165) is 44.2 Å². The second kappa shape index (κ2) is 8.89. The topological polar surface area (TPSA) is 54.0 Å². The van der Waals surface area contributed by atoms with Crippen LogP contribution < -0.4 is 14.8 Å². The van der Waals surface area contributed by atoms with Crippen molar-refractivity contribution in [3.63, 3.8) is 0 Å². The summed E-state index contributed by atoms with van der Waals surface area (Å²) in [6.07, 6.45) is 0. The smallest absolute Gasteiger partial charge is 0.234 e. The predicted molar refractivity (Wildman–Crippen MR) is 94.5 cm³/mol. The van der Waals surface area contributed by atoms with Crippen LogP contribution in [0.2, 0.25) is 0 Å². The molecular formula is C18H29N3O3. The van der Waals surface area contributed by atoms with E-state index in [4.69, 9.17) is 9.47 Å². The molecule has 1 aliphatic rings. The molecule has 0 aromatic heterocycles. The van der Waals surface area contributed by atoms with Crippen LogP contribution in [0.4, 0.5) is 0 Å². The zero-order valence-electron chi connectivity index (χ0n) is 15.2. The van der Waals surface area contributed by atoms with E-state index in [-0.39, 0.29) is 11.9 Å². The lowest BCUT2D eigenvalue weighted by atomic mass is 10.1. The van der Waals surface area contributed by atoms with Crippen LogP contribution in [0.1, 0.15) is 19.4 Å². The summed E-state index contributed by atoms with van der Waals surface area (Å²) in [6, 6.07) is 6.17. The predicted octanol–water partition coefficient (Wildman–Crippen LogP) is 1.35. The molecule has 0 aliphatic carbocycles. The fourth-order valence-corrected chi connectivity index (χ4v) is 2.89. The second-order valence-electron chi connectivity index (χ2n) is 6.50. The minimum absolute atomic E-state index is 0.107. The van der Waals surface area contributed by atoms with Gasteiger partial charge < -0.3 is 14.8 Å². The first-order chi connectivity index (χ1) is 11.5. The largest absolute Gasteiger partial charge is 0.497 e. The highest BCUT2D eigenvalue weighted by atomic mass is 16.5. The van der Waals surface area contributed by atoms with Gasteiger partial charge in [0.2, 0.25) is 5.91 Å². The van der Waals surface area contributed by atoms with E-state index in [1.807, 2.05) is 32.0 Å². The van der Waals surface area contributed by atoms with E-state index in [2.05, 4.69) is 15.1 Å².